The second kappa shape index (κ2) is 8.05. The normalized spacial score (nSPS) is 12.7. The van der Waals surface area contributed by atoms with Crippen molar-refractivity contribution in [2.75, 3.05) is 18.7 Å². The van der Waals surface area contributed by atoms with Gasteiger partial charge in [-0.15, -0.1) is 24.0 Å². The quantitative estimate of drug-likeness (QED) is 0.448. The van der Waals surface area contributed by atoms with Crippen LogP contribution in [0.1, 0.15) is 11.1 Å². The molecule has 0 spiro atoms. The van der Waals surface area contributed by atoms with E-state index in [1.165, 1.54) is 5.56 Å². The van der Waals surface area contributed by atoms with E-state index in [9.17, 15) is 0 Å². The van der Waals surface area contributed by atoms with Crippen LogP contribution in [0.25, 0.3) is 0 Å². The van der Waals surface area contributed by atoms with Crippen LogP contribution in [0, 0.1) is 6.92 Å². The third kappa shape index (κ3) is 4.75. The number of guanidine groups is 1. The highest BCUT2D eigenvalue weighted by atomic mass is 127. The Balaban J connectivity index is 0.00000192. The smallest absolute Gasteiger partial charge is 0.231 e. The number of hydrogen-bond donors (Lipinski definition) is 2. The molecular formula is C17H20IN3O2. The predicted octanol–water partition coefficient (Wildman–Crippen LogP) is 3.31. The summed E-state index contributed by atoms with van der Waals surface area (Å²) in [5.41, 5.74) is 9.19. The first-order valence-corrected chi connectivity index (χ1v) is 7.23. The SMILES string of the molecule is Cc1ccc(NC(N)=NCCc2ccc3c(c2)OCO3)cc1.I. The lowest BCUT2D eigenvalue weighted by Gasteiger charge is -2.06. The maximum absolute atomic E-state index is 5.89. The Hall–Kier alpha value is -1.96. The zero-order valence-corrected chi connectivity index (χ0v) is 15.2. The van der Waals surface area contributed by atoms with E-state index < -0.39 is 0 Å². The minimum atomic E-state index is 0. The van der Waals surface area contributed by atoms with Crippen molar-refractivity contribution in [2.45, 2.75) is 13.3 Å². The van der Waals surface area contributed by atoms with E-state index in [-0.39, 0.29) is 24.0 Å². The Bertz CT molecular complexity index is 687. The molecule has 1 aliphatic rings. The molecule has 5 nitrogen and oxygen atoms in total. The number of rotatable bonds is 4. The minimum Gasteiger partial charge on any atom is -0.454 e. The Labute approximate surface area is 152 Å². The summed E-state index contributed by atoms with van der Waals surface area (Å²) in [5, 5.41) is 3.08. The van der Waals surface area contributed by atoms with E-state index in [2.05, 4.69) is 10.3 Å². The van der Waals surface area contributed by atoms with Crippen molar-refractivity contribution >= 4 is 35.6 Å². The topological polar surface area (TPSA) is 68.9 Å². The summed E-state index contributed by atoms with van der Waals surface area (Å²) in [4.78, 5) is 4.34. The number of benzene rings is 2. The van der Waals surface area contributed by atoms with Crippen molar-refractivity contribution in [1.29, 1.82) is 0 Å². The van der Waals surface area contributed by atoms with Gasteiger partial charge in [0, 0.05) is 12.2 Å². The Morgan fingerprint density at radius 3 is 2.65 bits per heavy atom. The van der Waals surface area contributed by atoms with Crippen LogP contribution in [0.15, 0.2) is 47.5 Å². The van der Waals surface area contributed by atoms with Gasteiger partial charge in [0.2, 0.25) is 6.79 Å². The minimum absolute atomic E-state index is 0. The fraction of sp³-hybridized carbons (Fsp3) is 0.235. The second-order valence-electron chi connectivity index (χ2n) is 5.20. The van der Waals surface area contributed by atoms with Gasteiger partial charge in [-0.3, -0.25) is 4.99 Å². The number of nitrogens with one attached hydrogen (secondary N) is 1. The molecule has 0 saturated carbocycles. The number of nitrogens with two attached hydrogens (primary N) is 1. The van der Waals surface area contributed by atoms with Gasteiger partial charge in [0.1, 0.15) is 0 Å². The van der Waals surface area contributed by atoms with E-state index in [1.807, 2.05) is 49.4 Å². The first-order valence-electron chi connectivity index (χ1n) is 7.23. The standard InChI is InChI=1S/C17H19N3O2.HI/c1-12-2-5-14(6-3-12)20-17(18)19-9-8-13-4-7-15-16(10-13)22-11-21-15;/h2-7,10H,8-9,11H2,1H3,(H3,18,19,20);1H. The van der Waals surface area contributed by atoms with Gasteiger partial charge in [0.25, 0.3) is 0 Å². The molecule has 122 valence electrons. The van der Waals surface area contributed by atoms with Gasteiger partial charge >= 0.3 is 0 Å². The molecule has 1 aliphatic heterocycles. The first kappa shape index (κ1) is 17.4. The van der Waals surface area contributed by atoms with Crippen LogP contribution in [0.3, 0.4) is 0 Å². The maximum Gasteiger partial charge on any atom is 0.231 e. The summed E-state index contributed by atoms with van der Waals surface area (Å²) in [6.45, 7) is 2.96. The van der Waals surface area contributed by atoms with Crippen LogP contribution >= 0.6 is 24.0 Å². The average Bonchev–Trinajstić information content (AvgIpc) is 2.97. The van der Waals surface area contributed by atoms with Crippen molar-refractivity contribution in [3.05, 3.63) is 53.6 Å². The summed E-state index contributed by atoms with van der Waals surface area (Å²) in [5.74, 6) is 2.02. The molecule has 0 atom stereocenters. The number of ether oxygens (including phenoxy) is 2. The van der Waals surface area contributed by atoms with Crippen LogP contribution in [0.4, 0.5) is 5.69 Å². The maximum atomic E-state index is 5.89. The van der Waals surface area contributed by atoms with Crippen molar-refractivity contribution in [1.82, 2.24) is 0 Å². The molecule has 2 aromatic carbocycles. The lowest BCUT2D eigenvalue weighted by molar-refractivity contribution is 0.174. The van der Waals surface area contributed by atoms with Gasteiger partial charge in [-0.25, -0.2) is 0 Å². The lowest BCUT2D eigenvalue weighted by atomic mass is 10.1. The van der Waals surface area contributed by atoms with Crippen LogP contribution in [-0.2, 0) is 6.42 Å². The molecule has 23 heavy (non-hydrogen) atoms. The molecule has 0 aromatic heterocycles. The zero-order chi connectivity index (χ0) is 15.4. The number of aliphatic imine (C=N–C) groups is 1. The van der Waals surface area contributed by atoms with Gasteiger partial charge in [-0.2, -0.15) is 0 Å². The summed E-state index contributed by atoms with van der Waals surface area (Å²) >= 11 is 0. The predicted molar refractivity (Wildman–Crippen MR) is 103 cm³/mol. The van der Waals surface area contributed by atoms with Crippen molar-refractivity contribution in [3.8, 4) is 11.5 Å². The molecule has 6 heteroatoms. The fourth-order valence-corrected chi connectivity index (χ4v) is 2.23. The largest absolute Gasteiger partial charge is 0.454 e. The highest BCUT2D eigenvalue weighted by Crippen LogP contribution is 2.32. The highest BCUT2D eigenvalue weighted by molar-refractivity contribution is 14.0. The van der Waals surface area contributed by atoms with Gasteiger partial charge in [0.05, 0.1) is 0 Å². The number of halogens is 1. The van der Waals surface area contributed by atoms with Gasteiger partial charge in [-0.1, -0.05) is 23.8 Å². The number of aryl methyl sites for hydroxylation is 1. The zero-order valence-electron chi connectivity index (χ0n) is 12.9. The molecule has 2 aromatic rings. The van der Waals surface area contributed by atoms with Crippen LogP contribution in [-0.4, -0.2) is 19.3 Å². The van der Waals surface area contributed by atoms with E-state index in [0.717, 1.165) is 29.2 Å². The third-order valence-corrected chi connectivity index (χ3v) is 3.44. The molecule has 0 aliphatic carbocycles. The molecule has 1 heterocycles. The van der Waals surface area contributed by atoms with Crippen molar-refractivity contribution < 1.29 is 9.47 Å². The highest BCUT2D eigenvalue weighted by Gasteiger charge is 2.12. The summed E-state index contributed by atoms with van der Waals surface area (Å²) in [6, 6.07) is 14.0. The molecule has 0 saturated heterocycles. The van der Waals surface area contributed by atoms with Crippen LogP contribution < -0.4 is 20.5 Å². The summed E-state index contributed by atoms with van der Waals surface area (Å²) in [7, 11) is 0. The summed E-state index contributed by atoms with van der Waals surface area (Å²) < 4.78 is 10.7. The fourth-order valence-electron chi connectivity index (χ4n) is 2.23. The second-order valence-corrected chi connectivity index (χ2v) is 5.20. The van der Waals surface area contributed by atoms with Gasteiger partial charge in [-0.05, 0) is 43.2 Å². The van der Waals surface area contributed by atoms with E-state index >= 15 is 0 Å². The molecular weight excluding hydrogens is 405 g/mol. The molecule has 0 bridgehead atoms. The summed E-state index contributed by atoms with van der Waals surface area (Å²) in [6.07, 6.45) is 0.799. The van der Waals surface area contributed by atoms with Crippen LogP contribution in [0.5, 0.6) is 11.5 Å². The average molecular weight is 425 g/mol. The Morgan fingerprint density at radius 1 is 1.13 bits per heavy atom. The van der Waals surface area contributed by atoms with E-state index in [4.69, 9.17) is 15.2 Å². The molecule has 0 radical (unpaired) electrons. The lowest BCUT2D eigenvalue weighted by Crippen LogP contribution is -2.23. The Morgan fingerprint density at radius 2 is 1.87 bits per heavy atom. The monoisotopic (exact) mass is 425 g/mol. The molecule has 0 amide bonds. The number of fused-ring (bicyclic) bond motifs is 1. The third-order valence-electron chi connectivity index (χ3n) is 3.44. The Kier molecular flexibility index (Phi) is 6.09. The van der Waals surface area contributed by atoms with Crippen LogP contribution in [0.2, 0.25) is 0 Å². The van der Waals surface area contributed by atoms with Gasteiger partial charge in [0.15, 0.2) is 17.5 Å². The number of anilines is 1. The van der Waals surface area contributed by atoms with E-state index in [0.29, 0.717) is 19.3 Å². The molecule has 3 N–H and O–H groups in total. The van der Waals surface area contributed by atoms with Crippen molar-refractivity contribution in [2.24, 2.45) is 10.7 Å². The first-order chi connectivity index (χ1) is 10.7. The number of hydrogen-bond acceptors (Lipinski definition) is 3. The van der Waals surface area contributed by atoms with Gasteiger partial charge < -0.3 is 20.5 Å². The van der Waals surface area contributed by atoms with Crippen molar-refractivity contribution in [3.63, 3.8) is 0 Å². The van der Waals surface area contributed by atoms with E-state index in [1.54, 1.807) is 0 Å². The number of nitrogens with zero attached hydrogens (tertiary/aromatic N) is 1. The molecule has 3 rings (SSSR count). The molecule has 0 unspecified atom stereocenters. The molecule has 0 fully saturated rings.